The maximum atomic E-state index is 9.25. The van der Waals surface area contributed by atoms with Crippen molar-refractivity contribution >= 4 is 22.1 Å². The molecular weight excluding hydrogens is 314 g/mol. The fraction of sp³-hybridized carbons (Fsp3) is 0.263. The number of imidazole rings is 2. The van der Waals surface area contributed by atoms with Crippen LogP contribution in [-0.2, 0) is 13.3 Å². The van der Waals surface area contributed by atoms with Crippen molar-refractivity contribution in [2.75, 3.05) is 13.2 Å². The first-order chi connectivity index (χ1) is 12.3. The van der Waals surface area contributed by atoms with E-state index in [1.165, 1.54) is 0 Å². The Labute approximate surface area is 146 Å². The van der Waals surface area contributed by atoms with Crippen LogP contribution in [0.1, 0.15) is 6.42 Å². The highest BCUT2D eigenvalue weighted by Crippen LogP contribution is 2.15. The number of hydrogen-bond acceptors (Lipinski definition) is 4. The molecule has 0 fully saturated rings. The molecule has 2 aromatic carbocycles. The van der Waals surface area contributed by atoms with Crippen molar-refractivity contribution in [1.29, 1.82) is 0 Å². The van der Waals surface area contributed by atoms with Gasteiger partial charge in [-0.1, -0.05) is 24.3 Å². The summed E-state index contributed by atoms with van der Waals surface area (Å²) in [5, 5.41) is 9.25. The molecule has 0 saturated heterocycles. The zero-order chi connectivity index (χ0) is 17.1. The molecule has 6 heteroatoms. The predicted octanol–water partition coefficient (Wildman–Crippen LogP) is 2.69. The number of nitrogens with zero attached hydrogens (tertiary/aromatic N) is 5. The lowest BCUT2D eigenvalue weighted by atomic mass is 10.3. The summed E-state index contributed by atoms with van der Waals surface area (Å²) in [5.41, 5.74) is 4.23. The van der Waals surface area contributed by atoms with Crippen LogP contribution in [0.3, 0.4) is 0 Å². The number of hydrogen-bond donors (Lipinski definition) is 1. The molecule has 0 aliphatic rings. The van der Waals surface area contributed by atoms with Crippen molar-refractivity contribution < 1.29 is 5.11 Å². The second-order valence-corrected chi connectivity index (χ2v) is 6.16. The number of aromatic nitrogens is 4. The SMILES string of the molecule is OCCCN(Cn1cnc2ccccc21)Cn1cnc2ccccc21. The average molecular weight is 335 g/mol. The van der Waals surface area contributed by atoms with Crippen molar-refractivity contribution in [3.63, 3.8) is 0 Å². The summed E-state index contributed by atoms with van der Waals surface area (Å²) >= 11 is 0. The van der Waals surface area contributed by atoms with Crippen LogP contribution in [0.15, 0.2) is 61.2 Å². The third-order valence-corrected chi connectivity index (χ3v) is 4.39. The van der Waals surface area contributed by atoms with E-state index in [1.807, 2.05) is 49.1 Å². The average Bonchev–Trinajstić information content (AvgIpc) is 3.25. The Balaban J connectivity index is 1.59. The van der Waals surface area contributed by atoms with E-state index in [4.69, 9.17) is 0 Å². The Bertz CT molecular complexity index is 898. The van der Waals surface area contributed by atoms with Gasteiger partial charge < -0.3 is 14.2 Å². The van der Waals surface area contributed by atoms with Crippen molar-refractivity contribution in [3.05, 3.63) is 61.2 Å². The third-order valence-electron chi connectivity index (χ3n) is 4.39. The van der Waals surface area contributed by atoms with Gasteiger partial charge in [0.25, 0.3) is 0 Å². The summed E-state index contributed by atoms with van der Waals surface area (Å²) in [5.74, 6) is 0. The molecular formula is C19H21N5O. The molecule has 1 N–H and O–H groups in total. The molecule has 4 rings (SSSR count). The van der Waals surface area contributed by atoms with Gasteiger partial charge in [-0.3, -0.25) is 4.90 Å². The molecule has 4 aromatic rings. The molecule has 2 aromatic heterocycles. The Morgan fingerprint density at radius 3 is 1.84 bits per heavy atom. The van der Waals surface area contributed by atoms with Gasteiger partial charge in [0.15, 0.2) is 0 Å². The van der Waals surface area contributed by atoms with Crippen LogP contribution in [0.2, 0.25) is 0 Å². The first kappa shape index (κ1) is 15.8. The predicted molar refractivity (Wildman–Crippen MR) is 97.9 cm³/mol. The molecule has 0 atom stereocenters. The van der Waals surface area contributed by atoms with E-state index in [-0.39, 0.29) is 6.61 Å². The lowest BCUT2D eigenvalue weighted by molar-refractivity contribution is 0.156. The number of para-hydroxylation sites is 4. The molecule has 6 nitrogen and oxygen atoms in total. The molecule has 0 amide bonds. The topological polar surface area (TPSA) is 59.1 Å². The lowest BCUT2D eigenvalue weighted by Gasteiger charge is -2.23. The van der Waals surface area contributed by atoms with Crippen molar-refractivity contribution in [3.8, 4) is 0 Å². The van der Waals surface area contributed by atoms with Gasteiger partial charge in [0.2, 0.25) is 0 Å². The van der Waals surface area contributed by atoms with E-state index in [0.29, 0.717) is 13.3 Å². The van der Waals surface area contributed by atoms with Gasteiger partial charge in [0, 0.05) is 13.2 Å². The van der Waals surface area contributed by atoms with Gasteiger partial charge in [-0.2, -0.15) is 0 Å². The molecule has 0 saturated carbocycles. The highest BCUT2D eigenvalue weighted by atomic mass is 16.3. The summed E-state index contributed by atoms with van der Waals surface area (Å²) in [6.07, 6.45) is 4.49. The van der Waals surface area contributed by atoms with Gasteiger partial charge in [-0.25, -0.2) is 9.97 Å². The zero-order valence-corrected chi connectivity index (χ0v) is 14.0. The lowest BCUT2D eigenvalue weighted by Crippen LogP contribution is -2.30. The number of aliphatic hydroxyl groups is 1. The molecule has 128 valence electrons. The van der Waals surface area contributed by atoms with Crippen molar-refractivity contribution in [2.45, 2.75) is 19.8 Å². The molecule has 0 radical (unpaired) electrons. The van der Waals surface area contributed by atoms with E-state index in [1.54, 1.807) is 0 Å². The van der Waals surface area contributed by atoms with Crippen LogP contribution in [0.4, 0.5) is 0 Å². The maximum Gasteiger partial charge on any atom is 0.0969 e. The highest BCUT2D eigenvalue weighted by Gasteiger charge is 2.11. The maximum absolute atomic E-state index is 9.25. The molecule has 25 heavy (non-hydrogen) atoms. The van der Waals surface area contributed by atoms with Crippen LogP contribution in [-0.4, -0.2) is 42.3 Å². The molecule has 0 bridgehead atoms. The van der Waals surface area contributed by atoms with E-state index >= 15 is 0 Å². The van der Waals surface area contributed by atoms with Crippen LogP contribution < -0.4 is 0 Å². The molecule has 0 unspecified atom stereocenters. The highest BCUT2D eigenvalue weighted by molar-refractivity contribution is 5.75. The normalized spacial score (nSPS) is 11.8. The summed E-state index contributed by atoms with van der Waals surface area (Å²) < 4.78 is 4.29. The largest absolute Gasteiger partial charge is 0.396 e. The van der Waals surface area contributed by atoms with Crippen LogP contribution in [0.25, 0.3) is 22.1 Å². The second-order valence-electron chi connectivity index (χ2n) is 6.16. The van der Waals surface area contributed by atoms with Crippen molar-refractivity contribution in [2.24, 2.45) is 0 Å². The van der Waals surface area contributed by atoms with Gasteiger partial charge in [-0.15, -0.1) is 0 Å². The minimum atomic E-state index is 0.186. The number of fused-ring (bicyclic) bond motifs is 2. The van der Waals surface area contributed by atoms with E-state index in [0.717, 1.165) is 35.0 Å². The summed E-state index contributed by atoms with van der Waals surface area (Å²) in [6.45, 7) is 2.42. The standard InChI is InChI=1S/C19H21N5O/c25-11-5-10-22(14-23-12-20-16-6-1-3-8-18(16)23)15-24-13-21-17-7-2-4-9-19(17)24/h1-4,6-9,12-13,25H,5,10-11,14-15H2. The first-order valence-corrected chi connectivity index (χ1v) is 8.48. The van der Waals surface area contributed by atoms with Gasteiger partial charge in [-0.05, 0) is 30.7 Å². The first-order valence-electron chi connectivity index (χ1n) is 8.48. The quantitative estimate of drug-likeness (QED) is 0.564. The van der Waals surface area contributed by atoms with Crippen LogP contribution >= 0.6 is 0 Å². The van der Waals surface area contributed by atoms with Gasteiger partial charge in [0.05, 0.1) is 48.1 Å². The minimum Gasteiger partial charge on any atom is -0.396 e. The Hall–Kier alpha value is -2.70. The van der Waals surface area contributed by atoms with Gasteiger partial charge in [0.1, 0.15) is 0 Å². The Kier molecular flexibility index (Phi) is 4.45. The summed E-state index contributed by atoms with van der Waals surface area (Å²) in [7, 11) is 0. The molecule has 0 spiro atoms. The zero-order valence-electron chi connectivity index (χ0n) is 14.0. The number of aliphatic hydroxyl groups excluding tert-OH is 1. The molecule has 0 aliphatic carbocycles. The minimum absolute atomic E-state index is 0.186. The van der Waals surface area contributed by atoms with E-state index in [9.17, 15) is 5.11 Å². The summed E-state index contributed by atoms with van der Waals surface area (Å²) in [4.78, 5) is 11.2. The number of rotatable bonds is 7. The fourth-order valence-electron chi connectivity index (χ4n) is 3.16. The number of benzene rings is 2. The molecule has 2 heterocycles. The van der Waals surface area contributed by atoms with Gasteiger partial charge >= 0.3 is 0 Å². The summed E-state index contributed by atoms with van der Waals surface area (Å²) in [6, 6.07) is 16.3. The molecule has 0 aliphatic heterocycles. The second kappa shape index (κ2) is 7.04. The van der Waals surface area contributed by atoms with Crippen LogP contribution in [0, 0.1) is 0 Å². The van der Waals surface area contributed by atoms with E-state index in [2.05, 4.69) is 36.1 Å². The van der Waals surface area contributed by atoms with E-state index < -0.39 is 0 Å². The Morgan fingerprint density at radius 1 is 0.800 bits per heavy atom. The van der Waals surface area contributed by atoms with Crippen molar-refractivity contribution in [1.82, 2.24) is 24.0 Å². The Morgan fingerprint density at radius 2 is 1.32 bits per heavy atom. The third kappa shape index (κ3) is 3.26. The smallest absolute Gasteiger partial charge is 0.0969 e. The monoisotopic (exact) mass is 335 g/mol. The fourth-order valence-corrected chi connectivity index (χ4v) is 3.16. The van der Waals surface area contributed by atoms with Crippen LogP contribution in [0.5, 0.6) is 0 Å².